The summed E-state index contributed by atoms with van der Waals surface area (Å²) in [7, 11) is 3.63. The Morgan fingerprint density at radius 2 is 2.00 bits per heavy atom. The minimum absolute atomic E-state index is 0.648. The van der Waals surface area contributed by atoms with Crippen molar-refractivity contribution in [3.8, 4) is 5.75 Å². The van der Waals surface area contributed by atoms with Gasteiger partial charge in [0, 0.05) is 25.4 Å². The average molecular weight is 263 g/mol. The van der Waals surface area contributed by atoms with Crippen molar-refractivity contribution in [2.45, 2.75) is 6.54 Å². The molecular formula is C14H15ClN2O. The Morgan fingerprint density at radius 1 is 1.22 bits per heavy atom. The van der Waals surface area contributed by atoms with E-state index < -0.39 is 0 Å². The molecule has 2 rings (SSSR count). The third kappa shape index (κ3) is 2.74. The normalized spacial score (nSPS) is 10.2. The molecule has 0 unspecified atom stereocenters. The molecule has 0 radical (unpaired) electrons. The van der Waals surface area contributed by atoms with Gasteiger partial charge in [0.05, 0.1) is 12.1 Å². The van der Waals surface area contributed by atoms with Crippen LogP contribution in [0.1, 0.15) is 5.56 Å². The molecule has 0 saturated carbocycles. The first-order chi connectivity index (χ1) is 8.72. The van der Waals surface area contributed by atoms with Crippen molar-refractivity contribution >= 4 is 17.4 Å². The lowest BCUT2D eigenvalue weighted by Gasteiger charge is -2.20. The Hall–Kier alpha value is -1.74. The van der Waals surface area contributed by atoms with Gasteiger partial charge in [-0.3, -0.25) is 0 Å². The summed E-state index contributed by atoms with van der Waals surface area (Å²) in [5.74, 6) is 1.64. The van der Waals surface area contributed by atoms with Crippen LogP contribution in [-0.2, 0) is 6.54 Å². The molecule has 94 valence electrons. The molecule has 3 nitrogen and oxygen atoms in total. The zero-order valence-electron chi connectivity index (χ0n) is 10.4. The van der Waals surface area contributed by atoms with E-state index in [1.54, 1.807) is 13.3 Å². The molecule has 0 spiro atoms. The van der Waals surface area contributed by atoms with Gasteiger partial charge in [-0.05, 0) is 18.2 Å². The maximum Gasteiger partial charge on any atom is 0.147 e. The predicted molar refractivity (Wildman–Crippen MR) is 74.3 cm³/mol. The summed E-state index contributed by atoms with van der Waals surface area (Å²) in [4.78, 5) is 6.28. The molecule has 0 aliphatic carbocycles. The number of aromatic nitrogens is 1. The van der Waals surface area contributed by atoms with Crippen molar-refractivity contribution < 1.29 is 4.74 Å². The zero-order chi connectivity index (χ0) is 13.0. The monoisotopic (exact) mass is 262 g/mol. The molecular weight excluding hydrogens is 248 g/mol. The fraction of sp³-hybridized carbons (Fsp3) is 0.214. The lowest BCUT2D eigenvalue weighted by Crippen LogP contribution is -2.18. The molecule has 1 aromatic heterocycles. The lowest BCUT2D eigenvalue weighted by atomic mass is 10.2. The van der Waals surface area contributed by atoms with E-state index in [0.717, 1.165) is 17.1 Å². The molecule has 0 N–H and O–H groups in total. The Balaban J connectivity index is 2.21. The summed E-state index contributed by atoms with van der Waals surface area (Å²) in [6.07, 6.45) is 1.74. The van der Waals surface area contributed by atoms with E-state index in [2.05, 4.69) is 4.98 Å². The summed E-state index contributed by atoms with van der Waals surface area (Å²) in [6, 6.07) is 11.6. The van der Waals surface area contributed by atoms with Gasteiger partial charge in [-0.25, -0.2) is 4.98 Å². The topological polar surface area (TPSA) is 25.4 Å². The predicted octanol–water partition coefficient (Wildman–Crippen LogP) is 3.38. The molecule has 0 bridgehead atoms. The molecule has 4 heteroatoms. The average Bonchev–Trinajstić information content (AvgIpc) is 2.39. The number of rotatable bonds is 4. The Morgan fingerprint density at radius 3 is 2.72 bits per heavy atom. The number of hydrogen-bond donors (Lipinski definition) is 0. The van der Waals surface area contributed by atoms with Crippen molar-refractivity contribution in [2.24, 2.45) is 0 Å². The van der Waals surface area contributed by atoms with E-state index in [9.17, 15) is 0 Å². The summed E-state index contributed by atoms with van der Waals surface area (Å²) in [6.45, 7) is 0.695. The van der Waals surface area contributed by atoms with Crippen LogP contribution >= 0.6 is 11.6 Å². The third-order valence-corrected chi connectivity index (χ3v) is 3.00. The summed E-state index contributed by atoms with van der Waals surface area (Å²) < 4.78 is 5.33. The molecule has 18 heavy (non-hydrogen) atoms. The Kier molecular flexibility index (Phi) is 4.05. The van der Waals surface area contributed by atoms with Crippen molar-refractivity contribution in [2.75, 3.05) is 19.1 Å². The van der Waals surface area contributed by atoms with Crippen molar-refractivity contribution in [1.29, 1.82) is 0 Å². The number of nitrogens with zero attached hydrogens (tertiary/aromatic N) is 2. The number of methoxy groups -OCH3 is 1. The second-order valence-electron chi connectivity index (χ2n) is 3.98. The summed E-state index contributed by atoms with van der Waals surface area (Å²) in [5.41, 5.74) is 1.10. The van der Waals surface area contributed by atoms with E-state index in [4.69, 9.17) is 16.3 Å². The first-order valence-corrected chi connectivity index (χ1v) is 6.03. The van der Waals surface area contributed by atoms with Crippen LogP contribution in [0.3, 0.4) is 0 Å². The van der Waals surface area contributed by atoms with E-state index in [1.165, 1.54) is 0 Å². The van der Waals surface area contributed by atoms with E-state index in [0.29, 0.717) is 11.6 Å². The maximum atomic E-state index is 6.12. The van der Waals surface area contributed by atoms with Gasteiger partial charge < -0.3 is 9.64 Å². The highest BCUT2D eigenvalue weighted by Gasteiger charge is 2.10. The Bertz CT molecular complexity index is 531. The highest BCUT2D eigenvalue weighted by molar-refractivity contribution is 6.32. The molecule has 0 aliphatic rings. The van der Waals surface area contributed by atoms with Crippen LogP contribution in [0.15, 0.2) is 42.6 Å². The van der Waals surface area contributed by atoms with E-state index in [-0.39, 0.29) is 0 Å². The van der Waals surface area contributed by atoms with Gasteiger partial charge in [-0.1, -0.05) is 29.8 Å². The van der Waals surface area contributed by atoms with Crippen LogP contribution in [0.2, 0.25) is 5.02 Å². The minimum atomic E-state index is 0.648. The largest absolute Gasteiger partial charge is 0.496 e. The number of anilines is 1. The van der Waals surface area contributed by atoms with Crippen LogP contribution in [0.4, 0.5) is 5.82 Å². The van der Waals surface area contributed by atoms with E-state index >= 15 is 0 Å². The fourth-order valence-electron chi connectivity index (χ4n) is 1.82. The summed E-state index contributed by atoms with van der Waals surface area (Å²) >= 11 is 6.12. The first kappa shape index (κ1) is 12.7. The highest BCUT2D eigenvalue weighted by atomic mass is 35.5. The fourth-order valence-corrected chi connectivity index (χ4v) is 2.09. The van der Waals surface area contributed by atoms with Gasteiger partial charge >= 0.3 is 0 Å². The lowest BCUT2D eigenvalue weighted by molar-refractivity contribution is 0.409. The molecule has 0 atom stereocenters. The van der Waals surface area contributed by atoms with Crippen LogP contribution in [-0.4, -0.2) is 19.1 Å². The van der Waals surface area contributed by atoms with Crippen LogP contribution < -0.4 is 9.64 Å². The molecule has 1 heterocycles. The highest BCUT2D eigenvalue weighted by Crippen LogP contribution is 2.25. The number of halogens is 1. The smallest absolute Gasteiger partial charge is 0.147 e. The standard InChI is InChI=1S/C14H15ClN2O/c1-17(14-12(15)7-5-9-16-14)10-11-6-3-4-8-13(11)18-2/h3-9H,10H2,1-2H3. The quantitative estimate of drug-likeness (QED) is 0.845. The SMILES string of the molecule is COc1ccccc1CN(C)c1ncccc1Cl. The van der Waals surface area contributed by atoms with Crippen molar-refractivity contribution in [1.82, 2.24) is 4.98 Å². The van der Waals surface area contributed by atoms with E-state index in [1.807, 2.05) is 48.3 Å². The minimum Gasteiger partial charge on any atom is -0.496 e. The van der Waals surface area contributed by atoms with Gasteiger partial charge in [-0.2, -0.15) is 0 Å². The maximum absolute atomic E-state index is 6.12. The van der Waals surface area contributed by atoms with Crippen molar-refractivity contribution in [3.63, 3.8) is 0 Å². The first-order valence-electron chi connectivity index (χ1n) is 5.66. The molecule has 0 fully saturated rings. The number of pyridine rings is 1. The number of para-hydroxylation sites is 1. The number of benzene rings is 1. The molecule has 0 aliphatic heterocycles. The van der Waals surface area contributed by atoms with Crippen LogP contribution in [0.5, 0.6) is 5.75 Å². The number of ether oxygens (including phenoxy) is 1. The molecule has 0 saturated heterocycles. The third-order valence-electron chi connectivity index (χ3n) is 2.70. The second-order valence-corrected chi connectivity index (χ2v) is 4.38. The molecule has 1 aromatic carbocycles. The summed E-state index contributed by atoms with van der Waals surface area (Å²) in [5, 5.41) is 0.648. The number of hydrogen-bond acceptors (Lipinski definition) is 3. The van der Waals surface area contributed by atoms with Crippen molar-refractivity contribution in [3.05, 3.63) is 53.2 Å². The van der Waals surface area contributed by atoms with Gasteiger partial charge in [-0.15, -0.1) is 0 Å². The molecule has 0 amide bonds. The zero-order valence-corrected chi connectivity index (χ0v) is 11.2. The van der Waals surface area contributed by atoms with Crippen LogP contribution in [0.25, 0.3) is 0 Å². The van der Waals surface area contributed by atoms with Crippen LogP contribution in [0, 0.1) is 0 Å². The second kappa shape index (κ2) is 5.74. The van der Waals surface area contributed by atoms with Gasteiger partial charge in [0.25, 0.3) is 0 Å². The Labute approximate surface area is 112 Å². The molecule has 2 aromatic rings. The van der Waals surface area contributed by atoms with Gasteiger partial charge in [0.15, 0.2) is 0 Å². The van der Waals surface area contributed by atoms with Gasteiger partial charge in [0.2, 0.25) is 0 Å². The van der Waals surface area contributed by atoms with Gasteiger partial charge in [0.1, 0.15) is 11.6 Å².